The molecule has 1 atom stereocenters. The normalized spacial score (nSPS) is 12.4. The number of aliphatic hydroxyl groups excluding tert-OH is 1. The Bertz CT molecular complexity index is 320. The Kier molecular flexibility index (Phi) is 6.54. The number of nitrogens with one attached hydrogen (secondary N) is 1. The third-order valence-electron chi connectivity index (χ3n) is 2.45. The van der Waals surface area contributed by atoms with E-state index in [4.69, 9.17) is 14.6 Å². The van der Waals surface area contributed by atoms with E-state index in [0.29, 0.717) is 19.0 Å². The molecule has 0 aliphatic rings. The van der Waals surface area contributed by atoms with Crippen LogP contribution >= 0.6 is 0 Å². The first-order chi connectivity index (χ1) is 8.30. The van der Waals surface area contributed by atoms with Crippen LogP contribution in [0, 0.1) is 0 Å². The van der Waals surface area contributed by atoms with E-state index in [-0.39, 0.29) is 12.6 Å². The molecule has 96 valence electrons. The first kappa shape index (κ1) is 13.9. The molecule has 0 amide bonds. The minimum atomic E-state index is 0.0305. The lowest BCUT2D eigenvalue weighted by molar-refractivity contribution is 0.159. The summed E-state index contributed by atoms with van der Waals surface area (Å²) < 4.78 is 10.0. The predicted octanol–water partition coefficient (Wildman–Crippen LogP) is 0.577. The molecule has 0 aromatic carbocycles. The van der Waals surface area contributed by atoms with Gasteiger partial charge in [-0.1, -0.05) is 6.07 Å². The van der Waals surface area contributed by atoms with Gasteiger partial charge in [0.1, 0.15) is 0 Å². The van der Waals surface area contributed by atoms with Crippen molar-refractivity contribution in [3.05, 3.63) is 23.9 Å². The summed E-state index contributed by atoms with van der Waals surface area (Å²) in [4.78, 5) is 4.28. The summed E-state index contributed by atoms with van der Waals surface area (Å²) in [5, 5.41) is 12.4. The number of methoxy groups -OCH3 is 2. The molecule has 1 unspecified atom stereocenters. The Morgan fingerprint density at radius 2 is 2.24 bits per heavy atom. The van der Waals surface area contributed by atoms with Crippen molar-refractivity contribution in [3.63, 3.8) is 0 Å². The maximum Gasteiger partial charge on any atom is 0.213 e. The van der Waals surface area contributed by atoms with Crippen LogP contribution < -0.4 is 10.1 Å². The maximum atomic E-state index is 9.17. The maximum absolute atomic E-state index is 9.17. The van der Waals surface area contributed by atoms with Gasteiger partial charge in [0.05, 0.1) is 19.4 Å². The molecule has 0 saturated carbocycles. The topological polar surface area (TPSA) is 63.6 Å². The molecule has 0 fully saturated rings. The van der Waals surface area contributed by atoms with E-state index in [0.717, 1.165) is 12.1 Å². The Balaban J connectivity index is 2.41. The van der Waals surface area contributed by atoms with E-state index in [1.807, 2.05) is 12.1 Å². The summed E-state index contributed by atoms with van der Waals surface area (Å²) in [6.07, 6.45) is 0.775. The van der Waals surface area contributed by atoms with E-state index < -0.39 is 0 Å². The number of rotatable bonds is 8. The molecule has 5 nitrogen and oxygen atoms in total. The molecule has 1 aromatic rings. The van der Waals surface area contributed by atoms with E-state index >= 15 is 0 Å². The fourth-order valence-corrected chi connectivity index (χ4v) is 1.44. The van der Waals surface area contributed by atoms with Crippen molar-refractivity contribution in [3.8, 4) is 5.88 Å². The number of pyridine rings is 1. The zero-order valence-electron chi connectivity index (χ0n) is 10.3. The molecule has 0 saturated heterocycles. The Hall–Kier alpha value is -1.17. The van der Waals surface area contributed by atoms with Crippen LogP contribution in [-0.4, -0.2) is 43.6 Å². The molecule has 0 aliphatic heterocycles. The zero-order valence-corrected chi connectivity index (χ0v) is 10.3. The lowest BCUT2D eigenvalue weighted by atomic mass is 10.2. The van der Waals surface area contributed by atoms with Crippen LogP contribution in [0.5, 0.6) is 5.88 Å². The van der Waals surface area contributed by atoms with Crippen LogP contribution in [0.25, 0.3) is 0 Å². The summed E-state index contributed by atoms with van der Waals surface area (Å²) in [5.74, 6) is 0.599. The summed E-state index contributed by atoms with van der Waals surface area (Å²) >= 11 is 0. The number of hydrogen-bond acceptors (Lipinski definition) is 5. The number of aliphatic hydroxyl groups is 1. The van der Waals surface area contributed by atoms with E-state index in [1.165, 1.54) is 0 Å². The van der Waals surface area contributed by atoms with Crippen molar-refractivity contribution >= 4 is 0 Å². The first-order valence-corrected chi connectivity index (χ1v) is 5.63. The van der Waals surface area contributed by atoms with Crippen molar-refractivity contribution in [1.82, 2.24) is 10.3 Å². The number of ether oxygens (including phenoxy) is 2. The second-order valence-corrected chi connectivity index (χ2v) is 3.71. The average Bonchev–Trinajstić information content (AvgIpc) is 2.39. The van der Waals surface area contributed by atoms with Crippen molar-refractivity contribution in [2.75, 3.05) is 27.4 Å². The first-order valence-electron chi connectivity index (χ1n) is 5.63. The molecule has 1 aromatic heterocycles. The van der Waals surface area contributed by atoms with Crippen molar-refractivity contribution in [2.45, 2.75) is 19.0 Å². The van der Waals surface area contributed by atoms with Gasteiger partial charge in [-0.2, -0.15) is 0 Å². The summed E-state index contributed by atoms with van der Waals surface area (Å²) in [6, 6.07) is 5.65. The molecule has 1 rings (SSSR count). The SMILES string of the molecule is COCCC(CO)NCc1cccc(OC)n1. The van der Waals surface area contributed by atoms with Crippen LogP contribution in [0.15, 0.2) is 18.2 Å². The Labute approximate surface area is 102 Å². The summed E-state index contributed by atoms with van der Waals surface area (Å²) in [7, 11) is 3.24. The third kappa shape index (κ3) is 5.12. The zero-order chi connectivity index (χ0) is 12.5. The predicted molar refractivity (Wildman–Crippen MR) is 65.0 cm³/mol. The highest BCUT2D eigenvalue weighted by molar-refractivity contribution is 5.15. The van der Waals surface area contributed by atoms with Gasteiger partial charge in [0.15, 0.2) is 0 Å². The molecule has 0 aliphatic carbocycles. The van der Waals surface area contributed by atoms with Crippen LogP contribution in [0.2, 0.25) is 0 Å². The highest BCUT2D eigenvalue weighted by atomic mass is 16.5. The molecule has 0 bridgehead atoms. The van der Waals surface area contributed by atoms with Gasteiger partial charge >= 0.3 is 0 Å². The molecule has 5 heteroatoms. The highest BCUT2D eigenvalue weighted by Crippen LogP contribution is 2.06. The van der Waals surface area contributed by atoms with Crippen molar-refractivity contribution < 1.29 is 14.6 Å². The molecule has 17 heavy (non-hydrogen) atoms. The van der Waals surface area contributed by atoms with Gasteiger partial charge < -0.3 is 19.9 Å². The Morgan fingerprint density at radius 3 is 2.88 bits per heavy atom. The second-order valence-electron chi connectivity index (χ2n) is 3.71. The van der Waals surface area contributed by atoms with E-state index in [2.05, 4.69) is 10.3 Å². The average molecular weight is 240 g/mol. The fourth-order valence-electron chi connectivity index (χ4n) is 1.44. The second kappa shape index (κ2) is 8.00. The molecule has 0 radical (unpaired) electrons. The number of nitrogens with zero attached hydrogens (tertiary/aromatic N) is 1. The largest absolute Gasteiger partial charge is 0.481 e. The Morgan fingerprint density at radius 1 is 1.41 bits per heavy atom. The van der Waals surface area contributed by atoms with Gasteiger partial charge in [-0.25, -0.2) is 4.98 Å². The van der Waals surface area contributed by atoms with Crippen LogP contribution in [-0.2, 0) is 11.3 Å². The monoisotopic (exact) mass is 240 g/mol. The summed E-state index contributed by atoms with van der Waals surface area (Å²) in [5.41, 5.74) is 0.889. The molecule has 0 spiro atoms. The molecular weight excluding hydrogens is 220 g/mol. The van der Waals surface area contributed by atoms with Gasteiger partial charge in [-0.05, 0) is 12.5 Å². The smallest absolute Gasteiger partial charge is 0.213 e. The molecule has 1 heterocycles. The minimum absolute atomic E-state index is 0.0305. The van der Waals surface area contributed by atoms with Gasteiger partial charge in [0, 0.05) is 32.4 Å². The fraction of sp³-hybridized carbons (Fsp3) is 0.583. The van der Waals surface area contributed by atoms with Crippen LogP contribution in [0.3, 0.4) is 0 Å². The van der Waals surface area contributed by atoms with E-state index in [1.54, 1.807) is 20.3 Å². The van der Waals surface area contributed by atoms with Crippen LogP contribution in [0.1, 0.15) is 12.1 Å². The summed E-state index contributed by atoms with van der Waals surface area (Å²) in [6.45, 7) is 1.32. The standard InChI is InChI=1S/C12H20N2O3/c1-16-7-6-11(9-15)13-8-10-4-3-5-12(14-10)17-2/h3-5,11,13,15H,6-9H2,1-2H3. The van der Waals surface area contributed by atoms with Crippen LogP contribution in [0.4, 0.5) is 0 Å². The quantitative estimate of drug-likeness (QED) is 0.696. The lowest BCUT2D eigenvalue weighted by Gasteiger charge is -2.15. The number of hydrogen-bond donors (Lipinski definition) is 2. The van der Waals surface area contributed by atoms with Gasteiger partial charge in [0.2, 0.25) is 5.88 Å². The minimum Gasteiger partial charge on any atom is -0.481 e. The molecule has 2 N–H and O–H groups in total. The molecular formula is C12H20N2O3. The van der Waals surface area contributed by atoms with Gasteiger partial charge in [-0.3, -0.25) is 0 Å². The van der Waals surface area contributed by atoms with Crippen molar-refractivity contribution in [2.24, 2.45) is 0 Å². The number of aromatic nitrogens is 1. The lowest BCUT2D eigenvalue weighted by Crippen LogP contribution is -2.33. The highest BCUT2D eigenvalue weighted by Gasteiger charge is 2.07. The van der Waals surface area contributed by atoms with Gasteiger partial charge in [0.25, 0.3) is 0 Å². The third-order valence-corrected chi connectivity index (χ3v) is 2.45. The van der Waals surface area contributed by atoms with Gasteiger partial charge in [-0.15, -0.1) is 0 Å². The van der Waals surface area contributed by atoms with E-state index in [9.17, 15) is 0 Å². The van der Waals surface area contributed by atoms with Crippen molar-refractivity contribution in [1.29, 1.82) is 0 Å².